The standard InChI is InChI=1S/C9H17NS/c1-4-6-10(7-5-2)8-9-11-3/h4-5H,1-2,6-9H2,3H3/p+1. The van der Waals surface area contributed by atoms with Crippen molar-refractivity contribution in [3.63, 3.8) is 0 Å². The first-order chi connectivity index (χ1) is 5.35. The average Bonchev–Trinajstić information content (AvgIpc) is 2.01. The van der Waals surface area contributed by atoms with E-state index in [1.165, 1.54) is 12.3 Å². The van der Waals surface area contributed by atoms with Gasteiger partial charge in [-0.15, -0.1) is 0 Å². The zero-order valence-corrected chi connectivity index (χ0v) is 8.12. The van der Waals surface area contributed by atoms with Gasteiger partial charge in [0.05, 0.1) is 19.6 Å². The lowest BCUT2D eigenvalue weighted by molar-refractivity contribution is -0.885. The van der Waals surface area contributed by atoms with Crippen LogP contribution in [0.1, 0.15) is 0 Å². The van der Waals surface area contributed by atoms with Gasteiger partial charge < -0.3 is 4.90 Å². The van der Waals surface area contributed by atoms with Crippen LogP contribution in [0.3, 0.4) is 0 Å². The quantitative estimate of drug-likeness (QED) is 0.551. The second-order valence-electron chi connectivity index (χ2n) is 2.48. The van der Waals surface area contributed by atoms with Gasteiger partial charge in [-0.2, -0.15) is 11.8 Å². The third-order valence-electron chi connectivity index (χ3n) is 1.53. The van der Waals surface area contributed by atoms with Crippen LogP contribution in [0.5, 0.6) is 0 Å². The molecule has 0 aromatic rings. The molecule has 0 radical (unpaired) electrons. The summed E-state index contributed by atoms with van der Waals surface area (Å²) in [5.41, 5.74) is 0. The van der Waals surface area contributed by atoms with Crippen molar-refractivity contribution in [3.05, 3.63) is 25.3 Å². The SMILES string of the molecule is C=CC[NH+](CC=C)CCSC. The van der Waals surface area contributed by atoms with Crippen LogP contribution in [-0.4, -0.2) is 31.6 Å². The number of thioether (sulfide) groups is 1. The maximum Gasteiger partial charge on any atom is 0.0958 e. The molecule has 0 aliphatic heterocycles. The molecule has 0 aromatic carbocycles. The molecular weight excluding hydrogens is 154 g/mol. The summed E-state index contributed by atoms with van der Waals surface area (Å²) in [6, 6.07) is 0. The molecule has 0 rings (SSSR count). The zero-order chi connectivity index (χ0) is 8.53. The molecule has 0 aliphatic rings. The van der Waals surface area contributed by atoms with Crippen molar-refractivity contribution >= 4 is 11.8 Å². The molecule has 0 spiro atoms. The monoisotopic (exact) mass is 172 g/mol. The largest absolute Gasteiger partial charge is 0.328 e. The normalized spacial score (nSPS) is 10.0. The molecule has 0 aliphatic carbocycles. The molecule has 0 fully saturated rings. The van der Waals surface area contributed by atoms with Crippen LogP contribution < -0.4 is 4.90 Å². The highest BCUT2D eigenvalue weighted by molar-refractivity contribution is 7.98. The van der Waals surface area contributed by atoms with E-state index in [2.05, 4.69) is 19.4 Å². The lowest BCUT2D eigenvalue weighted by atomic mass is 10.4. The van der Waals surface area contributed by atoms with E-state index in [1.54, 1.807) is 4.90 Å². The number of nitrogens with one attached hydrogen (secondary N) is 1. The van der Waals surface area contributed by atoms with Crippen molar-refractivity contribution in [2.75, 3.05) is 31.6 Å². The molecule has 1 nitrogen and oxygen atoms in total. The summed E-state index contributed by atoms with van der Waals surface area (Å²) in [5.74, 6) is 1.22. The Bertz CT molecular complexity index is 102. The number of hydrogen-bond acceptors (Lipinski definition) is 1. The maximum absolute atomic E-state index is 3.73. The first kappa shape index (κ1) is 10.8. The van der Waals surface area contributed by atoms with Gasteiger partial charge in [-0.25, -0.2) is 0 Å². The van der Waals surface area contributed by atoms with E-state index >= 15 is 0 Å². The van der Waals surface area contributed by atoms with Crippen LogP contribution in [0.25, 0.3) is 0 Å². The second kappa shape index (κ2) is 7.89. The van der Waals surface area contributed by atoms with Crippen molar-refractivity contribution < 1.29 is 4.90 Å². The van der Waals surface area contributed by atoms with Gasteiger partial charge >= 0.3 is 0 Å². The summed E-state index contributed by atoms with van der Waals surface area (Å²) < 4.78 is 0. The van der Waals surface area contributed by atoms with Crippen molar-refractivity contribution in [1.82, 2.24) is 0 Å². The highest BCUT2D eigenvalue weighted by Gasteiger charge is 2.01. The topological polar surface area (TPSA) is 4.44 Å². The van der Waals surface area contributed by atoms with Crippen molar-refractivity contribution in [1.29, 1.82) is 0 Å². The van der Waals surface area contributed by atoms with Crippen LogP contribution in [0.2, 0.25) is 0 Å². The summed E-state index contributed by atoms with van der Waals surface area (Å²) in [7, 11) is 0. The van der Waals surface area contributed by atoms with Crippen molar-refractivity contribution in [3.8, 4) is 0 Å². The van der Waals surface area contributed by atoms with Gasteiger partial charge in [-0.1, -0.05) is 13.2 Å². The van der Waals surface area contributed by atoms with E-state index in [-0.39, 0.29) is 0 Å². The van der Waals surface area contributed by atoms with Gasteiger partial charge in [0.2, 0.25) is 0 Å². The lowest BCUT2D eigenvalue weighted by Crippen LogP contribution is -3.12. The van der Waals surface area contributed by atoms with E-state index in [9.17, 15) is 0 Å². The van der Waals surface area contributed by atoms with Crippen LogP contribution in [0.4, 0.5) is 0 Å². The molecule has 64 valence electrons. The number of hydrogen-bond donors (Lipinski definition) is 1. The summed E-state index contributed by atoms with van der Waals surface area (Å²) in [6.07, 6.45) is 6.08. The zero-order valence-electron chi connectivity index (χ0n) is 7.31. The van der Waals surface area contributed by atoms with Gasteiger partial charge in [-0.3, -0.25) is 0 Å². The smallest absolute Gasteiger partial charge is 0.0958 e. The van der Waals surface area contributed by atoms with E-state index in [1.807, 2.05) is 23.9 Å². The van der Waals surface area contributed by atoms with Crippen molar-refractivity contribution in [2.45, 2.75) is 0 Å². The molecule has 2 heteroatoms. The van der Waals surface area contributed by atoms with Gasteiger partial charge in [0, 0.05) is 5.75 Å². The number of quaternary nitrogens is 1. The van der Waals surface area contributed by atoms with Gasteiger partial charge in [0.1, 0.15) is 0 Å². The summed E-state index contributed by atoms with van der Waals surface area (Å²) in [6.45, 7) is 10.8. The molecule has 0 saturated carbocycles. The summed E-state index contributed by atoms with van der Waals surface area (Å²) in [4.78, 5) is 1.55. The van der Waals surface area contributed by atoms with E-state index in [4.69, 9.17) is 0 Å². The fourth-order valence-corrected chi connectivity index (χ4v) is 1.43. The first-order valence-electron chi connectivity index (χ1n) is 3.89. The second-order valence-corrected chi connectivity index (χ2v) is 3.46. The third kappa shape index (κ3) is 6.20. The van der Waals surface area contributed by atoms with Crippen LogP contribution >= 0.6 is 11.8 Å². The Morgan fingerprint density at radius 3 is 2.18 bits per heavy atom. The fourth-order valence-electron chi connectivity index (χ4n) is 0.942. The minimum atomic E-state index is 1.05. The Labute approximate surface area is 74.2 Å². The lowest BCUT2D eigenvalue weighted by Gasteiger charge is -2.14. The average molecular weight is 172 g/mol. The minimum absolute atomic E-state index is 1.05. The number of rotatable bonds is 7. The van der Waals surface area contributed by atoms with Crippen LogP contribution in [-0.2, 0) is 0 Å². The van der Waals surface area contributed by atoms with E-state index in [0.29, 0.717) is 0 Å². The predicted octanol–water partition coefficient (Wildman–Crippen LogP) is 0.606. The van der Waals surface area contributed by atoms with Gasteiger partial charge in [0.25, 0.3) is 0 Å². The molecular formula is C9H18NS+. The Hall–Kier alpha value is -0.210. The Balaban J connectivity index is 3.49. The third-order valence-corrected chi connectivity index (χ3v) is 2.14. The Morgan fingerprint density at radius 1 is 1.27 bits per heavy atom. The molecule has 0 saturated heterocycles. The maximum atomic E-state index is 3.73. The van der Waals surface area contributed by atoms with Crippen molar-refractivity contribution in [2.24, 2.45) is 0 Å². The first-order valence-corrected chi connectivity index (χ1v) is 5.28. The molecule has 0 atom stereocenters. The van der Waals surface area contributed by atoms with Crippen LogP contribution in [0, 0.1) is 0 Å². The molecule has 0 aromatic heterocycles. The fraction of sp³-hybridized carbons (Fsp3) is 0.556. The Kier molecular flexibility index (Phi) is 7.74. The molecule has 0 unspecified atom stereocenters. The van der Waals surface area contributed by atoms with Gasteiger partial charge in [-0.05, 0) is 18.4 Å². The highest BCUT2D eigenvalue weighted by Crippen LogP contribution is 1.84. The summed E-state index contributed by atoms with van der Waals surface area (Å²) >= 11 is 1.89. The van der Waals surface area contributed by atoms with E-state index in [0.717, 1.165) is 13.1 Å². The molecule has 0 bridgehead atoms. The molecule has 1 N–H and O–H groups in total. The molecule has 0 amide bonds. The van der Waals surface area contributed by atoms with E-state index < -0.39 is 0 Å². The highest BCUT2D eigenvalue weighted by atomic mass is 32.2. The molecule has 11 heavy (non-hydrogen) atoms. The Morgan fingerprint density at radius 2 is 1.82 bits per heavy atom. The van der Waals surface area contributed by atoms with Crippen LogP contribution in [0.15, 0.2) is 25.3 Å². The molecule has 0 heterocycles. The minimum Gasteiger partial charge on any atom is -0.328 e. The summed E-state index contributed by atoms with van der Waals surface area (Å²) in [5, 5.41) is 0. The predicted molar refractivity (Wildman–Crippen MR) is 54.3 cm³/mol. The van der Waals surface area contributed by atoms with Gasteiger partial charge in [0.15, 0.2) is 0 Å².